The second kappa shape index (κ2) is 7.70. The maximum absolute atomic E-state index is 11.3. The van der Waals surface area contributed by atoms with Gasteiger partial charge in [-0.1, -0.05) is 56.3 Å². The van der Waals surface area contributed by atoms with Crippen molar-refractivity contribution >= 4 is 12.0 Å². The van der Waals surface area contributed by atoms with E-state index < -0.39 is 0 Å². The van der Waals surface area contributed by atoms with E-state index in [4.69, 9.17) is 5.73 Å². The van der Waals surface area contributed by atoms with Crippen LogP contribution in [0.25, 0.3) is 6.08 Å². The van der Waals surface area contributed by atoms with Crippen molar-refractivity contribution in [3.63, 3.8) is 0 Å². The third kappa shape index (κ3) is 5.67. The van der Waals surface area contributed by atoms with Crippen molar-refractivity contribution in [3.8, 4) is 0 Å². The first-order valence-electron chi connectivity index (χ1n) is 6.60. The SMILES string of the molecule is CC(C)CC(CCC=Cc1ccccc1)C(N)=O. The lowest BCUT2D eigenvalue weighted by Gasteiger charge is -2.14. The zero-order valence-electron chi connectivity index (χ0n) is 11.3. The number of rotatable bonds is 7. The Labute approximate surface area is 110 Å². The number of nitrogens with two attached hydrogens (primary N) is 1. The monoisotopic (exact) mass is 245 g/mol. The first-order chi connectivity index (χ1) is 8.59. The molecule has 1 aromatic carbocycles. The number of carbonyl (C=O) groups excluding carboxylic acids is 1. The van der Waals surface area contributed by atoms with E-state index in [0.717, 1.165) is 19.3 Å². The summed E-state index contributed by atoms with van der Waals surface area (Å²) in [6.45, 7) is 4.24. The second-order valence-corrected chi connectivity index (χ2v) is 5.12. The van der Waals surface area contributed by atoms with Crippen molar-refractivity contribution in [2.24, 2.45) is 17.6 Å². The molecule has 0 aromatic heterocycles. The lowest BCUT2D eigenvalue weighted by molar-refractivity contribution is -0.122. The molecule has 2 N–H and O–H groups in total. The molecule has 1 unspecified atom stereocenters. The van der Waals surface area contributed by atoms with Crippen molar-refractivity contribution in [1.29, 1.82) is 0 Å². The number of hydrogen-bond acceptors (Lipinski definition) is 1. The molecule has 2 nitrogen and oxygen atoms in total. The topological polar surface area (TPSA) is 43.1 Å². The fraction of sp³-hybridized carbons (Fsp3) is 0.438. The highest BCUT2D eigenvalue weighted by Crippen LogP contribution is 2.17. The van der Waals surface area contributed by atoms with Crippen LogP contribution in [0.15, 0.2) is 36.4 Å². The van der Waals surface area contributed by atoms with Gasteiger partial charge in [0.25, 0.3) is 0 Å². The van der Waals surface area contributed by atoms with Crippen molar-refractivity contribution in [2.45, 2.75) is 33.1 Å². The number of allylic oxidation sites excluding steroid dienone is 1. The van der Waals surface area contributed by atoms with Crippen LogP contribution >= 0.6 is 0 Å². The molecular weight excluding hydrogens is 222 g/mol. The summed E-state index contributed by atoms with van der Waals surface area (Å²) in [6.07, 6.45) is 6.83. The van der Waals surface area contributed by atoms with Crippen LogP contribution in [-0.4, -0.2) is 5.91 Å². The summed E-state index contributed by atoms with van der Waals surface area (Å²) in [5, 5.41) is 0. The maximum Gasteiger partial charge on any atom is 0.220 e. The summed E-state index contributed by atoms with van der Waals surface area (Å²) < 4.78 is 0. The Morgan fingerprint density at radius 1 is 1.28 bits per heavy atom. The predicted octanol–water partition coefficient (Wildman–Crippen LogP) is 3.63. The summed E-state index contributed by atoms with van der Waals surface area (Å²) in [5.74, 6) is 0.350. The minimum Gasteiger partial charge on any atom is -0.369 e. The van der Waals surface area contributed by atoms with E-state index in [0.29, 0.717) is 5.92 Å². The number of benzene rings is 1. The molecule has 0 aliphatic heterocycles. The number of hydrogen-bond donors (Lipinski definition) is 1. The standard InChI is InChI=1S/C16H23NO/c1-13(2)12-15(16(17)18)11-7-6-10-14-8-4-3-5-9-14/h3-6,8-10,13,15H,7,11-12H2,1-2H3,(H2,17,18). The first kappa shape index (κ1) is 14.5. The summed E-state index contributed by atoms with van der Waals surface area (Å²) in [6, 6.07) is 10.2. The van der Waals surface area contributed by atoms with Gasteiger partial charge in [0.15, 0.2) is 0 Å². The molecule has 0 saturated heterocycles. The average molecular weight is 245 g/mol. The largest absolute Gasteiger partial charge is 0.369 e. The summed E-state index contributed by atoms with van der Waals surface area (Å²) in [7, 11) is 0. The molecule has 0 spiro atoms. The zero-order chi connectivity index (χ0) is 13.4. The Balaban J connectivity index is 2.39. The van der Waals surface area contributed by atoms with Crippen LogP contribution in [0.1, 0.15) is 38.7 Å². The lowest BCUT2D eigenvalue weighted by atomic mass is 9.92. The predicted molar refractivity (Wildman–Crippen MR) is 76.8 cm³/mol. The highest BCUT2D eigenvalue weighted by Gasteiger charge is 2.15. The number of carbonyl (C=O) groups is 1. The van der Waals surface area contributed by atoms with Crippen molar-refractivity contribution in [1.82, 2.24) is 0 Å². The molecule has 0 fully saturated rings. The van der Waals surface area contributed by atoms with E-state index in [9.17, 15) is 4.79 Å². The van der Waals surface area contributed by atoms with Gasteiger partial charge in [-0.2, -0.15) is 0 Å². The van der Waals surface area contributed by atoms with E-state index in [1.165, 1.54) is 5.56 Å². The smallest absolute Gasteiger partial charge is 0.220 e. The molecule has 0 aliphatic carbocycles. The summed E-state index contributed by atoms with van der Waals surface area (Å²) >= 11 is 0. The number of primary amides is 1. The van der Waals surface area contributed by atoms with Gasteiger partial charge in [-0.05, 0) is 30.7 Å². The van der Waals surface area contributed by atoms with Gasteiger partial charge in [-0.25, -0.2) is 0 Å². The van der Waals surface area contributed by atoms with Gasteiger partial charge in [0, 0.05) is 5.92 Å². The molecule has 18 heavy (non-hydrogen) atoms. The van der Waals surface area contributed by atoms with Crippen LogP contribution in [0.4, 0.5) is 0 Å². The molecule has 1 aromatic rings. The molecule has 0 heterocycles. The molecular formula is C16H23NO. The first-order valence-corrected chi connectivity index (χ1v) is 6.60. The van der Waals surface area contributed by atoms with Gasteiger partial charge in [0.05, 0.1) is 0 Å². The van der Waals surface area contributed by atoms with Crippen LogP contribution in [0.3, 0.4) is 0 Å². The second-order valence-electron chi connectivity index (χ2n) is 5.12. The Bertz CT molecular complexity index is 381. The molecule has 1 rings (SSSR count). The lowest BCUT2D eigenvalue weighted by Crippen LogP contribution is -2.24. The van der Waals surface area contributed by atoms with Crippen LogP contribution in [0.5, 0.6) is 0 Å². The highest BCUT2D eigenvalue weighted by atomic mass is 16.1. The fourth-order valence-electron chi connectivity index (χ4n) is 2.03. The van der Waals surface area contributed by atoms with Gasteiger partial charge in [0.2, 0.25) is 5.91 Å². The van der Waals surface area contributed by atoms with Gasteiger partial charge in [0.1, 0.15) is 0 Å². The van der Waals surface area contributed by atoms with E-state index in [2.05, 4.69) is 38.1 Å². The van der Waals surface area contributed by atoms with E-state index in [-0.39, 0.29) is 11.8 Å². The van der Waals surface area contributed by atoms with Crippen LogP contribution in [-0.2, 0) is 4.79 Å². The van der Waals surface area contributed by atoms with Crippen LogP contribution in [0.2, 0.25) is 0 Å². The van der Waals surface area contributed by atoms with Gasteiger partial charge in [-0.3, -0.25) is 4.79 Å². The summed E-state index contributed by atoms with van der Waals surface area (Å²) in [4.78, 5) is 11.3. The van der Waals surface area contributed by atoms with Gasteiger partial charge >= 0.3 is 0 Å². The van der Waals surface area contributed by atoms with E-state index in [1.54, 1.807) is 0 Å². The van der Waals surface area contributed by atoms with Gasteiger partial charge in [-0.15, -0.1) is 0 Å². The molecule has 0 saturated carbocycles. The molecule has 2 heteroatoms. The molecule has 1 amide bonds. The zero-order valence-corrected chi connectivity index (χ0v) is 11.3. The molecule has 0 bridgehead atoms. The highest BCUT2D eigenvalue weighted by molar-refractivity contribution is 5.76. The van der Waals surface area contributed by atoms with Crippen molar-refractivity contribution < 1.29 is 4.79 Å². The fourth-order valence-corrected chi connectivity index (χ4v) is 2.03. The average Bonchev–Trinajstić information content (AvgIpc) is 2.33. The number of amides is 1. The Morgan fingerprint density at radius 2 is 1.94 bits per heavy atom. The van der Waals surface area contributed by atoms with E-state index in [1.807, 2.05) is 18.2 Å². The van der Waals surface area contributed by atoms with Gasteiger partial charge < -0.3 is 5.73 Å². The quantitative estimate of drug-likeness (QED) is 0.783. The molecule has 1 atom stereocenters. The van der Waals surface area contributed by atoms with Crippen molar-refractivity contribution in [3.05, 3.63) is 42.0 Å². The Kier molecular flexibility index (Phi) is 6.20. The minimum absolute atomic E-state index is 0.00502. The molecule has 0 radical (unpaired) electrons. The van der Waals surface area contributed by atoms with E-state index >= 15 is 0 Å². The third-order valence-electron chi connectivity index (χ3n) is 2.95. The Morgan fingerprint density at radius 3 is 2.50 bits per heavy atom. The normalized spacial score (nSPS) is 13.1. The Hall–Kier alpha value is -1.57. The molecule has 0 aliphatic rings. The van der Waals surface area contributed by atoms with Crippen molar-refractivity contribution in [2.75, 3.05) is 0 Å². The molecule has 98 valence electrons. The third-order valence-corrected chi connectivity index (χ3v) is 2.95. The summed E-state index contributed by atoms with van der Waals surface area (Å²) in [5.41, 5.74) is 6.61. The van der Waals surface area contributed by atoms with Crippen LogP contribution < -0.4 is 5.73 Å². The minimum atomic E-state index is -0.170. The maximum atomic E-state index is 11.3. The van der Waals surface area contributed by atoms with Crippen LogP contribution in [0, 0.1) is 11.8 Å².